The molecule has 0 radical (unpaired) electrons. The fraction of sp³-hybridized carbons (Fsp3) is 0.818. The second-order valence-corrected chi connectivity index (χ2v) is 5.35. The Morgan fingerprint density at radius 3 is 3.06 bits per heavy atom. The van der Waals surface area contributed by atoms with Crippen LogP contribution in [0, 0.1) is 0 Å². The number of aromatic nitrogens is 3. The predicted octanol–water partition coefficient (Wildman–Crippen LogP) is 1.33. The third kappa shape index (κ3) is 3.43. The second-order valence-electron chi connectivity index (χ2n) is 4.29. The molecule has 2 N–H and O–H groups in total. The summed E-state index contributed by atoms with van der Waals surface area (Å²) in [4.78, 5) is 0. The predicted molar refractivity (Wildman–Crippen MR) is 67.8 cm³/mol. The maximum Gasteiger partial charge on any atom is 0.190 e. The molecule has 1 unspecified atom stereocenters. The van der Waals surface area contributed by atoms with Crippen LogP contribution in [0.3, 0.4) is 0 Å². The standard InChI is InChI=1S/C11H20N4OS/c1-15-10(8-12)13-14-11(15)17-7-3-5-9-4-2-6-16-9/h9H,2-8,12H2,1H3. The Balaban J connectivity index is 1.68. The summed E-state index contributed by atoms with van der Waals surface area (Å²) >= 11 is 1.74. The van der Waals surface area contributed by atoms with Gasteiger partial charge in [0.15, 0.2) is 5.16 Å². The lowest BCUT2D eigenvalue weighted by molar-refractivity contribution is 0.104. The fourth-order valence-electron chi connectivity index (χ4n) is 1.99. The molecule has 2 heterocycles. The highest BCUT2D eigenvalue weighted by molar-refractivity contribution is 7.99. The Morgan fingerprint density at radius 1 is 1.53 bits per heavy atom. The van der Waals surface area contributed by atoms with Crippen molar-refractivity contribution in [3.8, 4) is 0 Å². The normalized spacial score (nSPS) is 20.0. The molecule has 1 saturated heterocycles. The van der Waals surface area contributed by atoms with Gasteiger partial charge in [0.25, 0.3) is 0 Å². The summed E-state index contributed by atoms with van der Waals surface area (Å²) in [7, 11) is 1.96. The van der Waals surface area contributed by atoms with E-state index in [1.54, 1.807) is 11.8 Å². The van der Waals surface area contributed by atoms with Crippen LogP contribution in [-0.4, -0.2) is 33.2 Å². The summed E-state index contributed by atoms with van der Waals surface area (Å²) < 4.78 is 7.56. The van der Waals surface area contributed by atoms with Gasteiger partial charge < -0.3 is 15.0 Å². The van der Waals surface area contributed by atoms with E-state index in [2.05, 4.69) is 10.2 Å². The van der Waals surface area contributed by atoms with Crippen LogP contribution in [0.4, 0.5) is 0 Å². The molecule has 1 fully saturated rings. The molecule has 1 aliphatic heterocycles. The lowest BCUT2D eigenvalue weighted by Crippen LogP contribution is -2.06. The Kier molecular flexibility index (Phi) is 4.82. The molecule has 1 aliphatic rings. The van der Waals surface area contributed by atoms with Gasteiger partial charge in [-0.3, -0.25) is 0 Å². The van der Waals surface area contributed by atoms with Crippen LogP contribution in [0.1, 0.15) is 31.5 Å². The van der Waals surface area contributed by atoms with Crippen LogP contribution >= 0.6 is 11.8 Å². The van der Waals surface area contributed by atoms with E-state index in [0.29, 0.717) is 12.6 Å². The van der Waals surface area contributed by atoms with Crippen molar-refractivity contribution < 1.29 is 4.74 Å². The van der Waals surface area contributed by atoms with Crippen LogP contribution in [0.15, 0.2) is 5.16 Å². The highest BCUT2D eigenvalue weighted by Crippen LogP contribution is 2.21. The van der Waals surface area contributed by atoms with Gasteiger partial charge in [0.2, 0.25) is 0 Å². The first-order valence-electron chi connectivity index (χ1n) is 6.14. The molecule has 2 rings (SSSR count). The third-order valence-electron chi connectivity index (χ3n) is 3.03. The van der Waals surface area contributed by atoms with Crippen LogP contribution in [0.25, 0.3) is 0 Å². The average molecular weight is 256 g/mol. The van der Waals surface area contributed by atoms with E-state index in [4.69, 9.17) is 10.5 Å². The van der Waals surface area contributed by atoms with Crippen LogP contribution in [-0.2, 0) is 18.3 Å². The van der Waals surface area contributed by atoms with Gasteiger partial charge >= 0.3 is 0 Å². The molecule has 1 aromatic rings. The maximum atomic E-state index is 5.59. The van der Waals surface area contributed by atoms with E-state index in [-0.39, 0.29) is 0 Å². The summed E-state index contributed by atoms with van der Waals surface area (Å²) in [5, 5.41) is 9.11. The van der Waals surface area contributed by atoms with Crippen LogP contribution < -0.4 is 5.73 Å². The van der Waals surface area contributed by atoms with Gasteiger partial charge in [-0.05, 0) is 25.7 Å². The maximum absolute atomic E-state index is 5.59. The number of rotatable bonds is 6. The number of hydrogen-bond donors (Lipinski definition) is 1. The van der Waals surface area contributed by atoms with Gasteiger partial charge in [-0.2, -0.15) is 0 Å². The van der Waals surface area contributed by atoms with E-state index in [1.807, 2.05) is 11.6 Å². The molecule has 0 amide bonds. The van der Waals surface area contributed by atoms with Crippen molar-refractivity contribution in [1.29, 1.82) is 0 Å². The number of thioether (sulfide) groups is 1. The Hall–Kier alpha value is -0.590. The second kappa shape index (κ2) is 6.37. The molecule has 1 atom stereocenters. The molecule has 0 spiro atoms. The van der Waals surface area contributed by atoms with Gasteiger partial charge in [0.05, 0.1) is 12.6 Å². The van der Waals surface area contributed by atoms with E-state index in [9.17, 15) is 0 Å². The van der Waals surface area contributed by atoms with Gasteiger partial charge in [0.1, 0.15) is 5.82 Å². The quantitative estimate of drug-likeness (QED) is 0.614. The highest BCUT2D eigenvalue weighted by atomic mass is 32.2. The molecule has 5 nitrogen and oxygen atoms in total. The molecule has 0 bridgehead atoms. The zero-order chi connectivity index (χ0) is 12.1. The average Bonchev–Trinajstić information content (AvgIpc) is 2.95. The molecule has 6 heteroatoms. The molecular formula is C11H20N4OS. The number of hydrogen-bond acceptors (Lipinski definition) is 5. The summed E-state index contributed by atoms with van der Waals surface area (Å²) in [6, 6.07) is 0. The minimum absolute atomic E-state index is 0.444. The third-order valence-corrected chi connectivity index (χ3v) is 4.14. The van der Waals surface area contributed by atoms with Gasteiger partial charge in [-0.1, -0.05) is 11.8 Å². The zero-order valence-corrected chi connectivity index (χ0v) is 11.1. The molecular weight excluding hydrogens is 236 g/mol. The fourth-order valence-corrected chi connectivity index (χ4v) is 2.89. The lowest BCUT2D eigenvalue weighted by atomic mass is 10.1. The van der Waals surface area contributed by atoms with Crippen molar-refractivity contribution in [1.82, 2.24) is 14.8 Å². The van der Waals surface area contributed by atoms with Crippen LogP contribution in [0.2, 0.25) is 0 Å². The monoisotopic (exact) mass is 256 g/mol. The summed E-state index contributed by atoms with van der Waals surface area (Å²) in [6.45, 7) is 1.39. The summed E-state index contributed by atoms with van der Waals surface area (Å²) in [6.07, 6.45) is 5.27. The van der Waals surface area contributed by atoms with E-state index in [1.165, 1.54) is 19.3 Å². The zero-order valence-electron chi connectivity index (χ0n) is 10.3. The Morgan fingerprint density at radius 2 is 2.41 bits per heavy atom. The first-order chi connectivity index (χ1) is 8.31. The van der Waals surface area contributed by atoms with Crippen molar-refractivity contribution in [2.75, 3.05) is 12.4 Å². The van der Waals surface area contributed by atoms with Crippen LogP contribution in [0.5, 0.6) is 0 Å². The molecule has 1 aromatic heterocycles. The SMILES string of the molecule is Cn1c(CN)nnc1SCCCC1CCCO1. The first kappa shape index (κ1) is 12.9. The molecule has 96 valence electrons. The molecule has 0 saturated carbocycles. The number of nitrogens with two attached hydrogens (primary N) is 1. The minimum atomic E-state index is 0.444. The summed E-state index contributed by atoms with van der Waals surface area (Å²) in [5.74, 6) is 1.91. The van der Waals surface area contributed by atoms with Crippen molar-refractivity contribution >= 4 is 11.8 Å². The van der Waals surface area contributed by atoms with E-state index < -0.39 is 0 Å². The topological polar surface area (TPSA) is 66.0 Å². The van der Waals surface area contributed by atoms with Crippen molar-refractivity contribution in [2.24, 2.45) is 12.8 Å². The van der Waals surface area contributed by atoms with Gasteiger partial charge in [-0.25, -0.2) is 0 Å². The van der Waals surface area contributed by atoms with Crippen molar-refractivity contribution in [2.45, 2.75) is 43.5 Å². The number of nitrogens with zero attached hydrogens (tertiary/aromatic N) is 3. The van der Waals surface area contributed by atoms with E-state index in [0.717, 1.165) is 29.8 Å². The Bertz CT molecular complexity index is 349. The number of ether oxygens (including phenoxy) is 1. The van der Waals surface area contributed by atoms with Crippen molar-refractivity contribution in [3.05, 3.63) is 5.82 Å². The molecule has 17 heavy (non-hydrogen) atoms. The molecule has 0 aromatic carbocycles. The van der Waals surface area contributed by atoms with Gasteiger partial charge in [0, 0.05) is 19.4 Å². The highest BCUT2D eigenvalue weighted by Gasteiger charge is 2.15. The largest absolute Gasteiger partial charge is 0.378 e. The molecule has 0 aliphatic carbocycles. The summed E-state index contributed by atoms with van der Waals surface area (Å²) in [5.41, 5.74) is 5.55. The first-order valence-corrected chi connectivity index (χ1v) is 7.12. The minimum Gasteiger partial charge on any atom is -0.378 e. The Labute approximate surface area is 106 Å². The van der Waals surface area contributed by atoms with E-state index >= 15 is 0 Å². The van der Waals surface area contributed by atoms with Crippen molar-refractivity contribution in [3.63, 3.8) is 0 Å². The van der Waals surface area contributed by atoms with Gasteiger partial charge in [-0.15, -0.1) is 10.2 Å². The smallest absolute Gasteiger partial charge is 0.190 e. The lowest BCUT2D eigenvalue weighted by Gasteiger charge is -2.08.